The van der Waals surface area contributed by atoms with Crippen LogP contribution in [-0.4, -0.2) is 65.9 Å². The molecule has 1 aliphatic carbocycles. The van der Waals surface area contributed by atoms with Crippen LogP contribution < -0.4 is 5.32 Å². The molecule has 3 heterocycles. The number of hydrogen-bond donors (Lipinski definition) is 2. The van der Waals surface area contributed by atoms with Crippen molar-refractivity contribution in [1.29, 1.82) is 0 Å². The summed E-state index contributed by atoms with van der Waals surface area (Å²) in [4.78, 5) is 29.7. The summed E-state index contributed by atoms with van der Waals surface area (Å²) in [6, 6.07) is 0. The Hall–Kier alpha value is -1.72. The molecule has 11 heteroatoms. The Morgan fingerprint density at radius 2 is 2.14 bits per heavy atom. The third kappa shape index (κ3) is 5.26. The van der Waals surface area contributed by atoms with Crippen LogP contribution in [0.3, 0.4) is 0 Å². The number of carboxylic acid groups (broad SMARTS) is 1. The Labute approximate surface area is 170 Å². The van der Waals surface area contributed by atoms with Crippen molar-refractivity contribution in [2.24, 2.45) is 17.3 Å². The highest BCUT2D eigenvalue weighted by molar-refractivity contribution is 7.09. The molecule has 1 aromatic heterocycles. The van der Waals surface area contributed by atoms with E-state index >= 15 is 0 Å². The first-order valence-electron chi connectivity index (χ1n) is 9.39. The van der Waals surface area contributed by atoms with Crippen molar-refractivity contribution < 1.29 is 32.6 Å². The number of aliphatic carboxylic acids is 1. The van der Waals surface area contributed by atoms with E-state index in [0.29, 0.717) is 12.5 Å². The molecular formula is C18H24F3N3O4S. The van der Waals surface area contributed by atoms with Crippen LogP contribution in [0.25, 0.3) is 0 Å². The maximum Gasteiger partial charge on any atom is 0.490 e. The quantitative estimate of drug-likeness (QED) is 0.736. The molecule has 0 bridgehead atoms. The molecule has 162 valence electrons. The molecule has 2 N–H and O–H groups in total. The van der Waals surface area contributed by atoms with Gasteiger partial charge in [-0.3, -0.25) is 9.69 Å². The van der Waals surface area contributed by atoms with Gasteiger partial charge in [-0.2, -0.15) is 13.2 Å². The van der Waals surface area contributed by atoms with Crippen LogP contribution in [-0.2, 0) is 20.9 Å². The number of halogens is 3. The fourth-order valence-corrected chi connectivity index (χ4v) is 4.52. The summed E-state index contributed by atoms with van der Waals surface area (Å²) in [5.74, 6) is -1.49. The molecule has 0 unspecified atom stereocenters. The Balaban J connectivity index is 0.000000298. The van der Waals surface area contributed by atoms with Gasteiger partial charge in [0, 0.05) is 37.0 Å². The number of likely N-dealkylation sites (tertiary alicyclic amines) is 1. The fourth-order valence-electron chi connectivity index (χ4n) is 3.70. The Morgan fingerprint density at radius 1 is 1.45 bits per heavy atom. The van der Waals surface area contributed by atoms with Crippen molar-refractivity contribution in [3.8, 4) is 0 Å². The zero-order valence-electron chi connectivity index (χ0n) is 16.0. The number of nitrogens with zero attached hydrogens (tertiary/aromatic N) is 2. The molecule has 1 aromatic rings. The van der Waals surface area contributed by atoms with Crippen molar-refractivity contribution in [3.05, 3.63) is 16.1 Å². The Kier molecular flexibility index (Phi) is 6.49. The monoisotopic (exact) mass is 435 g/mol. The molecule has 4 rings (SSSR count). The van der Waals surface area contributed by atoms with Crippen molar-refractivity contribution in [3.63, 3.8) is 0 Å². The first kappa shape index (κ1) is 22.0. The summed E-state index contributed by atoms with van der Waals surface area (Å²) in [5, 5.41) is 10.3. The molecule has 1 saturated carbocycles. The van der Waals surface area contributed by atoms with Gasteiger partial charge in [0.15, 0.2) is 0 Å². The first-order chi connectivity index (χ1) is 13.6. The van der Waals surface area contributed by atoms with Gasteiger partial charge in [-0.15, -0.1) is 11.3 Å². The number of hydrogen-bond acceptors (Lipinski definition) is 6. The predicted octanol–water partition coefficient (Wildman–Crippen LogP) is 2.06. The zero-order valence-corrected chi connectivity index (χ0v) is 16.8. The van der Waals surface area contributed by atoms with E-state index in [0.717, 1.165) is 44.4 Å². The second kappa shape index (κ2) is 8.57. The smallest absolute Gasteiger partial charge is 0.475 e. The van der Waals surface area contributed by atoms with Crippen molar-refractivity contribution in [1.82, 2.24) is 15.2 Å². The molecule has 2 atom stereocenters. The average Bonchev–Trinajstić information content (AvgIpc) is 3.09. The summed E-state index contributed by atoms with van der Waals surface area (Å²) in [6.45, 7) is 6.87. The summed E-state index contributed by atoms with van der Waals surface area (Å²) < 4.78 is 37.4. The SMILES string of the molecule is Cc1ncsc1CN1C[C@@H]2COC[C@]2(C(=O)NCC2CC2)C1.O=C(O)C(F)(F)F. The minimum absolute atomic E-state index is 0.213. The number of aromatic nitrogens is 1. The number of ether oxygens (including phenoxy) is 1. The van der Waals surface area contributed by atoms with E-state index in [4.69, 9.17) is 14.6 Å². The standard InChI is InChI=1S/C16H23N3O2S.C2HF3O2/c1-11-14(22-10-18-11)6-19-5-13-7-21-9-16(13,8-19)15(20)17-4-12-2-3-12;3-2(4,5)1(6)7/h10,12-13H,2-9H2,1H3,(H,17,20);(H,6,7)/t13-,16-;/m1./s1. The predicted molar refractivity (Wildman–Crippen MR) is 98.3 cm³/mol. The third-order valence-corrected chi connectivity index (χ3v) is 6.52. The topological polar surface area (TPSA) is 91.8 Å². The molecular weight excluding hydrogens is 411 g/mol. The molecule has 0 radical (unpaired) electrons. The number of thiazole rings is 1. The normalized spacial score (nSPS) is 26.6. The third-order valence-electron chi connectivity index (χ3n) is 5.60. The number of aryl methyl sites for hydroxylation is 1. The molecule has 0 spiro atoms. The summed E-state index contributed by atoms with van der Waals surface area (Å²) in [7, 11) is 0. The maximum atomic E-state index is 12.8. The minimum Gasteiger partial charge on any atom is -0.475 e. The highest BCUT2D eigenvalue weighted by Crippen LogP contribution is 2.42. The Bertz CT molecular complexity index is 753. The first-order valence-corrected chi connectivity index (χ1v) is 10.3. The van der Waals surface area contributed by atoms with Crippen LogP contribution >= 0.6 is 11.3 Å². The van der Waals surface area contributed by atoms with Gasteiger partial charge in [0.1, 0.15) is 0 Å². The van der Waals surface area contributed by atoms with Crippen LogP contribution in [0.1, 0.15) is 23.4 Å². The van der Waals surface area contributed by atoms with Gasteiger partial charge in [0.2, 0.25) is 5.91 Å². The van der Waals surface area contributed by atoms with Gasteiger partial charge in [0.25, 0.3) is 0 Å². The van der Waals surface area contributed by atoms with E-state index in [1.54, 1.807) is 11.3 Å². The molecule has 0 aromatic carbocycles. The van der Waals surface area contributed by atoms with E-state index in [1.807, 2.05) is 5.51 Å². The molecule has 1 amide bonds. The molecule has 29 heavy (non-hydrogen) atoms. The lowest BCUT2D eigenvalue weighted by molar-refractivity contribution is -0.192. The number of fused-ring (bicyclic) bond motifs is 1. The van der Waals surface area contributed by atoms with Gasteiger partial charge in [-0.25, -0.2) is 9.78 Å². The van der Waals surface area contributed by atoms with Gasteiger partial charge in [-0.1, -0.05) is 0 Å². The maximum absolute atomic E-state index is 12.8. The van der Waals surface area contributed by atoms with E-state index in [-0.39, 0.29) is 11.3 Å². The Morgan fingerprint density at radius 3 is 2.69 bits per heavy atom. The highest BCUT2D eigenvalue weighted by atomic mass is 32.1. The average molecular weight is 435 g/mol. The van der Waals surface area contributed by atoms with Crippen LogP contribution in [0.15, 0.2) is 5.51 Å². The molecule has 2 aliphatic heterocycles. The number of carbonyl (C=O) groups is 2. The van der Waals surface area contributed by atoms with Crippen LogP contribution in [0.2, 0.25) is 0 Å². The van der Waals surface area contributed by atoms with E-state index in [1.165, 1.54) is 17.7 Å². The lowest BCUT2D eigenvalue weighted by atomic mass is 9.80. The number of rotatable bonds is 5. The number of alkyl halides is 3. The minimum atomic E-state index is -5.08. The van der Waals surface area contributed by atoms with Crippen molar-refractivity contribution in [2.45, 2.75) is 32.5 Å². The number of carboxylic acids is 1. The van der Waals surface area contributed by atoms with E-state index < -0.39 is 12.1 Å². The number of carbonyl (C=O) groups excluding carboxylic acids is 1. The molecule has 3 aliphatic rings. The van der Waals surface area contributed by atoms with Gasteiger partial charge >= 0.3 is 12.1 Å². The molecule has 7 nitrogen and oxygen atoms in total. The summed E-state index contributed by atoms with van der Waals surface area (Å²) in [6.07, 6.45) is -2.55. The number of nitrogens with one attached hydrogen (secondary N) is 1. The molecule has 2 saturated heterocycles. The fraction of sp³-hybridized carbons (Fsp3) is 0.722. The lowest BCUT2D eigenvalue weighted by Gasteiger charge is -2.26. The summed E-state index contributed by atoms with van der Waals surface area (Å²) >= 11 is 1.71. The largest absolute Gasteiger partial charge is 0.490 e. The second-order valence-corrected chi connectivity index (χ2v) is 8.79. The van der Waals surface area contributed by atoms with Crippen LogP contribution in [0.5, 0.6) is 0 Å². The van der Waals surface area contributed by atoms with Gasteiger partial charge in [-0.05, 0) is 25.7 Å². The molecule has 3 fully saturated rings. The second-order valence-electron chi connectivity index (χ2n) is 7.86. The number of amides is 1. The lowest BCUT2D eigenvalue weighted by Crippen LogP contribution is -2.47. The van der Waals surface area contributed by atoms with Gasteiger partial charge < -0.3 is 15.2 Å². The highest BCUT2D eigenvalue weighted by Gasteiger charge is 2.55. The van der Waals surface area contributed by atoms with E-state index in [2.05, 4.69) is 22.1 Å². The van der Waals surface area contributed by atoms with E-state index in [9.17, 15) is 18.0 Å². The summed E-state index contributed by atoms with van der Waals surface area (Å²) in [5.41, 5.74) is 2.70. The van der Waals surface area contributed by atoms with Crippen LogP contribution in [0.4, 0.5) is 13.2 Å². The van der Waals surface area contributed by atoms with Crippen LogP contribution in [0, 0.1) is 24.2 Å². The zero-order chi connectivity index (χ0) is 21.2. The van der Waals surface area contributed by atoms with Gasteiger partial charge in [0.05, 0.1) is 29.8 Å². The van der Waals surface area contributed by atoms with Crippen molar-refractivity contribution in [2.75, 3.05) is 32.8 Å². The van der Waals surface area contributed by atoms with Crippen molar-refractivity contribution >= 4 is 23.2 Å².